The second-order valence-corrected chi connectivity index (χ2v) is 7.11. The van der Waals surface area contributed by atoms with E-state index in [1.165, 1.54) is 0 Å². The number of aromatic nitrogens is 1. The molecule has 3 aromatic rings. The van der Waals surface area contributed by atoms with Crippen molar-refractivity contribution in [3.05, 3.63) is 65.9 Å². The first kappa shape index (κ1) is 19.5. The molecule has 1 fully saturated rings. The molecule has 4 rings (SSSR count). The molecule has 1 saturated heterocycles. The Morgan fingerprint density at radius 2 is 1.90 bits per heavy atom. The molecule has 1 aliphatic rings. The average molecular weight is 406 g/mol. The molecule has 1 aromatic heterocycles. The number of imide groups is 1. The summed E-state index contributed by atoms with van der Waals surface area (Å²) in [6.07, 6.45) is 2.20. The quantitative estimate of drug-likeness (QED) is 0.522. The van der Waals surface area contributed by atoms with Crippen LogP contribution in [0, 0.1) is 0 Å². The highest BCUT2D eigenvalue weighted by molar-refractivity contribution is 6.06. The molecule has 2 heterocycles. The van der Waals surface area contributed by atoms with E-state index in [4.69, 9.17) is 4.74 Å². The summed E-state index contributed by atoms with van der Waals surface area (Å²) < 4.78 is 5.10. The molecule has 30 heavy (non-hydrogen) atoms. The van der Waals surface area contributed by atoms with Gasteiger partial charge in [-0.15, -0.1) is 0 Å². The lowest BCUT2D eigenvalue weighted by atomic mass is 10.1. The van der Waals surface area contributed by atoms with Crippen LogP contribution in [0.2, 0.25) is 0 Å². The fourth-order valence-electron chi connectivity index (χ4n) is 3.53. The molecule has 2 aromatic carbocycles. The number of fused-ring (bicyclic) bond motifs is 1. The van der Waals surface area contributed by atoms with Crippen molar-refractivity contribution >= 4 is 28.7 Å². The van der Waals surface area contributed by atoms with E-state index >= 15 is 0 Å². The predicted octanol–water partition coefficient (Wildman–Crippen LogP) is 1.96. The highest BCUT2D eigenvalue weighted by atomic mass is 16.5. The zero-order valence-electron chi connectivity index (χ0n) is 16.5. The molecule has 4 amide bonds. The Morgan fingerprint density at radius 1 is 1.13 bits per heavy atom. The standard InChI is InChI=1S/C22H22N4O4/c1-30-16-8-6-14(7-9-16)11-24-20(27)13-26-21(28)19(25-22(26)29)10-15-12-23-18-5-3-2-4-17(15)18/h2-9,12,19,23H,10-11,13H2,1H3,(H,24,27)(H,25,29). The van der Waals surface area contributed by atoms with Crippen molar-refractivity contribution in [1.82, 2.24) is 20.5 Å². The second kappa shape index (κ2) is 8.28. The van der Waals surface area contributed by atoms with Crippen LogP contribution < -0.4 is 15.4 Å². The van der Waals surface area contributed by atoms with E-state index in [2.05, 4.69) is 15.6 Å². The highest BCUT2D eigenvalue weighted by Gasteiger charge is 2.39. The molecule has 1 atom stereocenters. The van der Waals surface area contributed by atoms with Crippen molar-refractivity contribution < 1.29 is 19.1 Å². The van der Waals surface area contributed by atoms with Crippen LogP contribution in [-0.4, -0.2) is 47.4 Å². The smallest absolute Gasteiger partial charge is 0.325 e. The monoisotopic (exact) mass is 406 g/mol. The number of nitrogens with one attached hydrogen (secondary N) is 3. The fraction of sp³-hybridized carbons (Fsp3) is 0.227. The van der Waals surface area contributed by atoms with Gasteiger partial charge in [0.1, 0.15) is 18.3 Å². The van der Waals surface area contributed by atoms with Gasteiger partial charge in [0.15, 0.2) is 0 Å². The second-order valence-electron chi connectivity index (χ2n) is 7.11. The fourth-order valence-corrected chi connectivity index (χ4v) is 3.53. The average Bonchev–Trinajstić information content (AvgIpc) is 3.29. The van der Waals surface area contributed by atoms with Gasteiger partial charge in [-0.2, -0.15) is 0 Å². The van der Waals surface area contributed by atoms with Crippen molar-refractivity contribution in [2.24, 2.45) is 0 Å². The number of amides is 4. The van der Waals surface area contributed by atoms with Crippen LogP contribution in [-0.2, 0) is 22.6 Å². The van der Waals surface area contributed by atoms with Crippen LogP contribution in [0.3, 0.4) is 0 Å². The minimum atomic E-state index is -0.689. The minimum Gasteiger partial charge on any atom is -0.497 e. The Hall–Kier alpha value is -3.81. The van der Waals surface area contributed by atoms with E-state index in [0.717, 1.165) is 32.7 Å². The van der Waals surface area contributed by atoms with Gasteiger partial charge in [-0.05, 0) is 29.3 Å². The highest BCUT2D eigenvalue weighted by Crippen LogP contribution is 2.21. The Balaban J connectivity index is 1.34. The molecule has 0 spiro atoms. The molecule has 0 radical (unpaired) electrons. The third kappa shape index (κ3) is 3.98. The number of carbonyl (C=O) groups excluding carboxylic acids is 3. The normalized spacial score (nSPS) is 16.0. The molecule has 0 bridgehead atoms. The van der Waals surface area contributed by atoms with Gasteiger partial charge in [0.05, 0.1) is 7.11 Å². The minimum absolute atomic E-state index is 0.297. The van der Waals surface area contributed by atoms with E-state index in [-0.39, 0.29) is 6.54 Å². The first-order chi connectivity index (χ1) is 14.5. The van der Waals surface area contributed by atoms with Crippen molar-refractivity contribution in [2.45, 2.75) is 19.0 Å². The van der Waals surface area contributed by atoms with Crippen molar-refractivity contribution in [2.75, 3.05) is 13.7 Å². The molecule has 8 heteroatoms. The zero-order valence-corrected chi connectivity index (χ0v) is 16.5. The van der Waals surface area contributed by atoms with Gasteiger partial charge in [-0.1, -0.05) is 30.3 Å². The number of hydrogen-bond donors (Lipinski definition) is 3. The van der Waals surface area contributed by atoms with Crippen LogP contribution in [0.15, 0.2) is 54.7 Å². The van der Waals surface area contributed by atoms with Crippen LogP contribution in [0.1, 0.15) is 11.1 Å². The van der Waals surface area contributed by atoms with Crippen molar-refractivity contribution in [3.8, 4) is 5.75 Å². The summed E-state index contributed by atoms with van der Waals surface area (Å²) in [5.41, 5.74) is 2.80. The Morgan fingerprint density at radius 3 is 2.67 bits per heavy atom. The van der Waals surface area contributed by atoms with Gasteiger partial charge in [0.25, 0.3) is 5.91 Å². The summed E-state index contributed by atoms with van der Waals surface area (Å²) in [7, 11) is 1.58. The van der Waals surface area contributed by atoms with Gasteiger partial charge in [-0.25, -0.2) is 4.79 Å². The number of benzene rings is 2. The summed E-state index contributed by atoms with van der Waals surface area (Å²) in [4.78, 5) is 41.3. The number of rotatable bonds is 7. The SMILES string of the molecule is COc1ccc(CNC(=O)CN2C(=O)NC(Cc3c[nH]c4ccccc34)C2=O)cc1. The lowest BCUT2D eigenvalue weighted by Gasteiger charge is -2.13. The lowest BCUT2D eigenvalue weighted by molar-refractivity contribution is -0.132. The van der Waals surface area contributed by atoms with Gasteiger partial charge in [0.2, 0.25) is 5.91 Å². The maximum Gasteiger partial charge on any atom is 0.325 e. The van der Waals surface area contributed by atoms with Crippen LogP contribution in [0.4, 0.5) is 4.79 Å². The molecule has 0 aliphatic carbocycles. The number of aromatic amines is 1. The molecule has 1 unspecified atom stereocenters. The van der Waals surface area contributed by atoms with Gasteiger partial charge in [0, 0.05) is 30.1 Å². The molecule has 1 aliphatic heterocycles. The molecular formula is C22H22N4O4. The van der Waals surface area contributed by atoms with Gasteiger partial charge < -0.3 is 20.4 Å². The summed E-state index contributed by atoms with van der Waals surface area (Å²) >= 11 is 0. The predicted molar refractivity (Wildman–Crippen MR) is 111 cm³/mol. The third-order valence-electron chi connectivity index (χ3n) is 5.16. The Kier molecular flexibility index (Phi) is 5.38. The number of H-pyrrole nitrogens is 1. The van der Waals surface area contributed by atoms with Crippen LogP contribution in [0.5, 0.6) is 5.75 Å². The molecule has 3 N–H and O–H groups in total. The first-order valence-electron chi connectivity index (χ1n) is 9.61. The van der Waals surface area contributed by atoms with Gasteiger partial charge >= 0.3 is 6.03 Å². The molecule has 8 nitrogen and oxygen atoms in total. The molecule has 0 saturated carbocycles. The largest absolute Gasteiger partial charge is 0.497 e. The van der Waals surface area contributed by atoms with Crippen molar-refractivity contribution in [3.63, 3.8) is 0 Å². The Bertz CT molecular complexity index is 1090. The van der Waals surface area contributed by atoms with E-state index in [9.17, 15) is 14.4 Å². The topological polar surface area (TPSA) is 104 Å². The maximum atomic E-state index is 12.7. The first-order valence-corrected chi connectivity index (χ1v) is 9.61. The number of urea groups is 1. The summed E-state index contributed by atoms with van der Waals surface area (Å²) in [5, 5.41) is 6.42. The Labute approximate surface area is 173 Å². The van der Waals surface area contributed by atoms with Crippen LogP contribution >= 0.6 is 0 Å². The summed E-state index contributed by atoms with van der Waals surface area (Å²) in [5.74, 6) is -0.0717. The number of carbonyl (C=O) groups is 3. The zero-order chi connectivity index (χ0) is 21.1. The third-order valence-corrected chi connectivity index (χ3v) is 5.16. The van der Waals surface area contributed by atoms with Crippen molar-refractivity contribution in [1.29, 1.82) is 0 Å². The number of ether oxygens (including phenoxy) is 1. The molecular weight excluding hydrogens is 384 g/mol. The number of hydrogen-bond acceptors (Lipinski definition) is 4. The van der Waals surface area contributed by atoms with Gasteiger partial charge in [-0.3, -0.25) is 14.5 Å². The van der Waals surface area contributed by atoms with E-state index in [0.29, 0.717) is 13.0 Å². The molecule has 154 valence electrons. The van der Waals surface area contributed by atoms with E-state index < -0.39 is 23.9 Å². The van der Waals surface area contributed by atoms with Crippen LogP contribution in [0.25, 0.3) is 10.9 Å². The maximum absolute atomic E-state index is 12.7. The van der Waals surface area contributed by atoms with E-state index in [1.54, 1.807) is 19.2 Å². The lowest BCUT2D eigenvalue weighted by Crippen LogP contribution is -2.41. The number of methoxy groups -OCH3 is 1. The summed E-state index contributed by atoms with van der Waals surface area (Å²) in [6, 6.07) is 13.8. The number of nitrogens with zero attached hydrogens (tertiary/aromatic N) is 1. The van der Waals surface area contributed by atoms with E-state index in [1.807, 2.05) is 42.6 Å². The summed E-state index contributed by atoms with van der Waals surface area (Å²) in [6.45, 7) is -0.0174. The number of para-hydroxylation sites is 1.